The molecule has 4 rings (SSSR count). The van der Waals surface area contributed by atoms with Crippen molar-refractivity contribution >= 4 is 16.6 Å². The van der Waals surface area contributed by atoms with Gasteiger partial charge in [-0.2, -0.15) is 0 Å². The topological polar surface area (TPSA) is 40.4 Å². The fourth-order valence-electron chi connectivity index (χ4n) is 4.01. The van der Waals surface area contributed by atoms with Gasteiger partial charge in [0, 0.05) is 55.5 Å². The molecule has 2 heterocycles. The van der Waals surface area contributed by atoms with Crippen LogP contribution in [0.25, 0.3) is 10.9 Å². The Morgan fingerprint density at radius 1 is 1.08 bits per heavy atom. The normalized spacial score (nSPS) is 17.3. The number of hydrogen-bond acceptors (Lipinski definition) is 3. The van der Waals surface area contributed by atoms with E-state index in [0.29, 0.717) is 0 Å². The molecular weight excluding hydrogens is 322 g/mol. The van der Waals surface area contributed by atoms with Crippen LogP contribution in [0.5, 0.6) is 0 Å². The predicted molar refractivity (Wildman–Crippen MR) is 107 cm³/mol. The molecule has 0 bridgehead atoms. The molecule has 0 amide bonds. The van der Waals surface area contributed by atoms with E-state index in [2.05, 4.69) is 77.3 Å². The van der Waals surface area contributed by atoms with Crippen molar-refractivity contribution in [2.75, 3.05) is 18.0 Å². The maximum absolute atomic E-state index is 9.68. The summed E-state index contributed by atoms with van der Waals surface area (Å²) in [5.74, 6) is 0. The van der Waals surface area contributed by atoms with Crippen molar-refractivity contribution in [1.82, 2.24) is 9.88 Å². The lowest BCUT2D eigenvalue weighted by Crippen LogP contribution is -2.21. The van der Waals surface area contributed by atoms with Crippen molar-refractivity contribution in [3.05, 3.63) is 65.4 Å². The maximum atomic E-state index is 9.68. The first-order chi connectivity index (χ1) is 12.6. The molecule has 2 N–H and O–H groups in total. The second-order valence-electron chi connectivity index (χ2n) is 7.31. The molecule has 2 aromatic carbocycles. The third kappa shape index (κ3) is 3.22. The van der Waals surface area contributed by atoms with Gasteiger partial charge in [0.15, 0.2) is 0 Å². The molecule has 1 aliphatic heterocycles. The summed E-state index contributed by atoms with van der Waals surface area (Å²) in [6, 6.07) is 17.3. The van der Waals surface area contributed by atoms with E-state index in [-0.39, 0.29) is 6.10 Å². The van der Waals surface area contributed by atoms with Crippen LogP contribution in [-0.2, 0) is 20.1 Å². The van der Waals surface area contributed by atoms with Crippen LogP contribution < -0.4 is 10.2 Å². The fourth-order valence-corrected chi connectivity index (χ4v) is 4.01. The number of benzene rings is 2. The Hall–Kier alpha value is -2.30. The summed E-state index contributed by atoms with van der Waals surface area (Å²) in [5, 5.41) is 14.6. The van der Waals surface area contributed by atoms with Crippen LogP contribution in [0.15, 0.2) is 48.5 Å². The van der Waals surface area contributed by atoms with E-state index in [1.165, 1.54) is 33.4 Å². The zero-order valence-electron chi connectivity index (χ0n) is 15.6. The number of nitrogens with one attached hydrogen (secondary N) is 1. The number of aryl methyl sites for hydroxylation is 2. The zero-order valence-corrected chi connectivity index (χ0v) is 15.6. The number of aliphatic hydroxyl groups excluding tert-OH is 1. The Balaban J connectivity index is 1.39. The smallest absolute Gasteiger partial charge is 0.0731 e. The summed E-state index contributed by atoms with van der Waals surface area (Å²) in [4.78, 5) is 2.25. The highest BCUT2D eigenvalue weighted by atomic mass is 16.3. The highest BCUT2D eigenvalue weighted by Crippen LogP contribution is 2.24. The summed E-state index contributed by atoms with van der Waals surface area (Å²) in [6.07, 6.45) is 0.689. The highest BCUT2D eigenvalue weighted by molar-refractivity contribution is 5.85. The van der Waals surface area contributed by atoms with E-state index in [1.807, 2.05) is 0 Å². The Bertz CT molecular complexity index is 859. The van der Waals surface area contributed by atoms with Crippen LogP contribution in [0.2, 0.25) is 0 Å². The molecule has 0 spiro atoms. The van der Waals surface area contributed by atoms with Crippen LogP contribution in [0, 0.1) is 6.92 Å². The summed E-state index contributed by atoms with van der Waals surface area (Å²) < 4.78 is 2.29. The van der Waals surface area contributed by atoms with Crippen LogP contribution in [0.3, 0.4) is 0 Å². The Morgan fingerprint density at radius 2 is 1.85 bits per heavy atom. The average molecular weight is 349 g/mol. The number of aliphatic hydroxyl groups is 1. The van der Waals surface area contributed by atoms with Gasteiger partial charge < -0.3 is 19.9 Å². The number of rotatable bonds is 5. The van der Waals surface area contributed by atoms with Gasteiger partial charge in [-0.1, -0.05) is 30.3 Å². The van der Waals surface area contributed by atoms with Gasteiger partial charge in [0.05, 0.1) is 6.10 Å². The molecule has 136 valence electrons. The fraction of sp³-hybridized carbons (Fsp3) is 0.364. The molecule has 0 aliphatic carbocycles. The Labute approximate surface area is 155 Å². The molecular formula is C22H27N3O. The SMILES string of the molecule is Cc1c(CNCc2ccc(N3CCC(O)C3)cc2)n(C)c2ccccc12. The molecule has 1 atom stereocenters. The van der Waals surface area contributed by atoms with Gasteiger partial charge in [0.2, 0.25) is 0 Å². The summed E-state index contributed by atoms with van der Waals surface area (Å²) >= 11 is 0. The second-order valence-corrected chi connectivity index (χ2v) is 7.31. The highest BCUT2D eigenvalue weighted by Gasteiger charge is 2.20. The van der Waals surface area contributed by atoms with Gasteiger partial charge in [-0.25, -0.2) is 0 Å². The van der Waals surface area contributed by atoms with Gasteiger partial charge in [-0.15, -0.1) is 0 Å². The standard InChI is InChI=1S/C22H27N3O/c1-16-20-5-3-4-6-21(20)24(2)22(16)14-23-13-17-7-9-18(10-8-17)25-12-11-19(26)15-25/h3-10,19,23,26H,11-15H2,1-2H3. The number of fused-ring (bicyclic) bond motifs is 1. The van der Waals surface area contributed by atoms with E-state index in [0.717, 1.165) is 32.6 Å². The molecule has 1 aliphatic rings. The van der Waals surface area contributed by atoms with Crippen LogP contribution >= 0.6 is 0 Å². The average Bonchev–Trinajstić information content (AvgIpc) is 3.20. The van der Waals surface area contributed by atoms with Crippen LogP contribution in [0.4, 0.5) is 5.69 Å². The van der Waals surface area contributed by atoms with Crippen molar-refractivity contribution in [3.8, 4) is 0 Å². The second kappa shape index (κ2) is 7.14. The molecule has 1 aromatic heterocycles. The lowest BCUT2D eigenvalue weighted by Gasteiger charge is -2.18. The number of β-amino-alcohol motifs (C(OH)–C–C–N with tert-alkyl or cyclic N) is 1. The first kappa shape index (κ1) is 17.1. The van der Waals surface area contributed by atoms with E-state index < -0.39 is 0 Å². The third-order valence-corrected chi connectivity index (χ3v) is 5.59. The lowest BCUT2D eigenvalue weighted by molar-refractivity contribution is 0.198. The molecule has 3 aromatic rings. The van der Waals surface area contributed by atoms with Gasteiger partial charge >= 0.3 is 0 Å². The minimum Gasteiger partial charge on any atom is -0.391 e. The Morgan fingerprint density at radius 3 is 2.54 bits per heavy atom. The molecule has 26 heavy (non-hydrogen) atoms. The van der Waals surface area contributed by atoms with Crippen LogP contribution in [-0.4, -0.2) is 28.9 Å². The van der Waals surface area contributed by atoms with Crippen molar-refractivity contribution in [3.63, 3.8) is 0 Å². The minimum atomic E-state index is -0.180. The van der Waals surface area contributed by atoms with E-state index in [9.17, 15) is 5.11 Å². The minimum absolute atomic E-state index is 0.180. The number of aromatic nitrogens is 1. The predicted octanol–water partition coefficient (Wildman–Crippen LogP) is 3.35. The van der Waals surface area contributed by atoms with E-state index in [1.54, 1.807) is 0 Å². The first-order valence-corrected chi connectivity index (χ1v) is 9.39. The maximum Gasteiger partial charge on any atom is 0.0731 e. The van der Waals surface area contributed by atoms with Gasteiger partial charge in [-0.05, 0) is 42.7 Å². The largest absolute Gasteiger partial charge is 0.391 e. The van der Waals surface area contributed by atoms with Gasteiger partial charge in [0.25, 0.3) is 0 Å². The molecule has 1 fully saturated rings. The lowest BCUT2D eigenvalue weighted by atomic mass is 10.1. The molecule has 4 nitrogen and oxygen atoms in total. The number of hydrogen-bond donors (Lipinski definition) is 2. The first-order valence-electron chi connectivity index (χ1n) is 9.39. The number of para-hydroxylation sites is 1. The van der Waals surface area contributed by atoms with Crippen molar-refractivity contribution in [2.24, 2.45) is 7.05 Å². The quantitative estimate of drug-likeness (QED) is 0.742. The molecule has 0 radical (unpaired) electrons. The van der Waals surface area contributed by atoms with Crippen LogP contribution in [0.1, 0.15) is 23.2 Å². The third-order valence-electron chi connectivity index (χ3n) is 5.59. The molecule has 0 saturated carbocycles. The van der Waals surface area contributed by atoms with E-state index >= 15 is 0 Å². The van der Waals surface area contributed by atoms with Crippen molar-refractivity contribution in [1.29, 1.82) is 0 Å². The number of nitrogens with zero attached hydrogens (tertiary/aromatic N) is 2. The summed E-state index contributed by atoms with van der Waals surface area (Å²) in [7, 11) is 2.14. The van der Waals surface area contributed by atoms with Gasteiger partial charge in [-0.3, -0.25) is 0 Å². The number of anilines is 1. The van der Waals surface area contributed by atoms with Gasteiger partial charge in [0.1, 0.15) is 0 Å². The zero-order chi connectivity index (χ0) is 18.1. The monoisotopic (exact) mass is 349 g/mol. The summed E-state index contributed by atoms with van der Waals surface area (Å²) in [5.41, 5.74) is 6.48. The van der Waals surface area contributed by atoms with E-state index in [4.69, 9.17) is 0 Å². The Kier molecular flexibility index (Phi) is 4.70. The molecule has 1 unspecified atom stereocenters. The summed E-state index contributed by atoms with van der Waals surface area (Å²) in [6.45, 7) is 5.61. The van der Waals surface area contributed by atoms with Crippen molar-refractivity contribution < 1.29 is 5.11 Å². The van der Waals surface area contributed by atoms with Crippen molar-refractivity contribution in [2.45, 2.75) is 32.5 Å². The molecule has 4 heteroatoms. The molecule has 1 saturated heterocycles.